The molecule has 3 rings (SSSR count). The fourth-order valence-electron chi connectivity index (χ4n) is 2.12. The summed E-state index contributed by atoms with van der Waals surface area (Å²) in [7, 11) is 0. The molecule has 112 valence electrons. The van der Waals surface area contributed by atoms with Gasteiger partial charge in [0.15, 0.2) is 5.69 Å². The Morgan fingerprint density at radius 2 is 2.10 bits per heavy atom. The second-order valence-corrected chi connectivity index (χ2v) is 6.40. The molecule has 1 aromatic heterocycles. The Bertz CT molecular complexity index is 645. The van der Waals surface area contributed by atoms with E-state index < -0.39 is 11.9 Å². The number of aryl methyl sites for hydroxylation is 1. The fraction of sp³-hybridized carbons (Fsp3) is 0.400. The predicted molar refractivity (Wildman–Crippen MR) is 77.2 cm³/mol. The summed E-state index contributed by atoms with van der Waals surface area (Å²) in [5.41, 5.74) is 0.995. The summed E-state index contributed by atoms with van der Waals surface area (Å²) >= 11 is 1.12. The van der Waals surface area contributed by atoms with Crippen LogP contribution in [0.4, 0.5) is 13.2 Å². The van der Waals surface area contributed by atoms with E-state index >= 15 is 0 Å². The standard InChI is InChI=1S/C15H15F3N2S/c1-9-3-2-4-10(7-9)14-20-13(15(16,17)18)12(21-14)8-19-11-5-6-11/h2-4,7,11,19H,5-6,8H2,1H3. The molecule has 1 aliphatic rings. The number of alkyl halides is 3. The van der Waals surface area contributed by atoms with Crippen molar-refractivity contribution in [3.05, 3.63) is 40.4 Å². The third-order valence-corrected chi connectivity index (χ3v) is 4.46. The summed E-state index contributed by atoms with van der Waals surface area (Å²) in [4.78, 5) is 4.11. The van der Waals surface area contributed by atoms with Gasteiger partial charge < -0.3 is 5.32 Å². The van der Waals surface area contributed by atoms with E-state index in [1.54, 1.807) is 6.07 Å². The van der Waals surface area contributed by atoms with E-state index in [9.17, 15) is 13.2 Å². The molecule has 21 heavy (non-hydrogen) atoms. The summed E-state index contributed by atoms with van der Waals surface area (Å²) < 4.78 is 39.3. The molecule has 0 bridgehead atoms. The molecule has 1 N–H and O–H groups in total. The normalized spacial score (nSPS) is 15.4. The molecule has 6 heteroatoms. The zero-order valence-corrected chi connectivity index (χ0v) is 12.3. The minimum absolute atomic E-state index is 0.239. The van der Waals surface area contributed by atoms with Crippen molar-refractivity contribution in [3.8, 4) is 10.6 Å². The van der Waals surface area contributed by atoms with Gasteiger partial charge in [-0.3, -0.25) is 0 Å². The molecule has 0 atom stereocenters. The van der Waals surface area contributed by atoms with Crippen molar-refractivity contribution in [1.82, 2.24) is 10.3 Å². The highest BCUT2D eigenvalue weighted by Crippen LogP contribution is 2.38. The van der Waals surface area contributed by atoms with Crippen molar-refractivity contribution in [2.24, 2.45) is 0 Å². The van der Waals surface area contributed by atoms with Crippen molar-refractivity contribution in [2.75, 3.05) is 0 Å². The highest BCUT2D eigenvalue weighted by molar-refractivity contribution is 7.15. The summed E-state index contributed by atoms with van der Waals surface area (Å²) in [6, 6.07) is 7.77. The van der Waals surface area contributed by atoms with Gasteiger partial charge >= 0.3 is 6.18 Å². The lowest BCUT2D eigenvalue weighted by Gasteiger charge is -2.06. The summed E-state index contributed by atoms with van der Waals surface area (Å²) in [6.45, 7) is 2.15. The Labute approximate surface area is 125 Å². The van der Waals surface area contributed by atoms with Gasteiger partial charge in [-0.1, -0.05) is 23.8 Å². The zero-order valence-electron chi connectivity index (χ0n) is 11.5. The van der Waals surface area contributed by atoms with E-state index in [-0.39, 0.29) is 11.4 Å². The van der Waals surface area contributed by atoms with Gasteiger partial charge in [0.25, 0.3) is 0 Å². The highest BCUT2D eigenvalue weighted by atomic mass is 32.1. The van der Waals surface area contributed by atoms with E-state index in [1.165, 1.54) is 0 Å². The van der Waals surface area contributed by atoms with Crippen molar-refractivity contribution >= 4 is 11.3 Å². The number of hydrogen-bond acceptors (Lipinski definition) is 3. The van der Waals surface area contributed by atoms with Crippen LogP contribution in [0.5, 0.6) is 0 Å². The van der Waals surface area contributed by atoms with Gasteiger partial charge in [-0.2, -0.15) is 13.2 Å². The van der Waals surface area contributed by atoms with E-state index in [4.69, 9.17) is 0 Å². The van der Waals surface area contributed by atoms with Crippen molar-refractivity contribution < 1.29 is 13.2 Å². The second kappa shape index (κ2) is 5.42. The van der Waals surface area contributed by atoms with E-state index in [2.05, 4.69) is 10.3 Å². The molecule has 0 saturated heterocycles. The predicted octanol–water partition coefficient (Wildman–Crippen LogP) is 4.39. The third kappa shape index (κ3) is 3.44. The van der Waals surface area contributed by atoms with Gasteiger partial charge in [0, 0.05) is 18.2 Å². The van der Waals surface area contributed by atoms with E-state index in [1.807, 2.05) is 25.1 Å². The molecule has 0 aliphatic heterocycles. The number of thiazole rings is 1. The average molecular weight is 312 g/mol. The zero-order chi connectivity index (χ0) is 15.0. The smallest absolute Gasteiger partial charge is 0.309 e. The SMILES string of the molecule is Cc1cccc(-c2nc(C(F)(F)F)c(CNC3CC3)s2)c1. The third-order valence-electron chi connectivity index (χ3n) is 3.36. The van der Waals surface area contributed by atoms with Crippen LogP contribution in [-0.2, 0) is 12.7 Å². The van der Waals surface area contributed by atoms with Gasteiger partial charge in [0.2, 0.25) is 0 Å². The Hall–Kier alpha value is -1.40. The fourth-order valence-corrected chi connectivity index (χ4v) is 3.15. The highest BCUT2D eigenvalue weighted by Gasteiger charge is 2.37. The number of aromatic nitrogens is 1. The summed E-state index contributed by atoms with van der Waals surface area (Å²) in [6.07, 6.45) is -2.31. The van der Waals surface area contributed by atoms with Crippen LogP contribution in [0.25, 0.3) is 10.6 Å². The first-order valence-corrected chi connectivity index (χ1v) is 7.62. The van der Waals surface area contributed by atoms with Crippen molar-refractivity contribution in [1.29, 1.82) is 0 Å². The molecule has 2 aromatic rings. The summed E-state index contributed by atoms with van der Waals surface area (Å²) in [5.74, 6) is 0. The Morgan fingerprint density at radius 3 is 2.71 bits per heavy atom. The van der Waals surface area contributed by atoms with Crippen molar-refractivity contribution in [3.63, 3.8) is 0 Å². The largest absolute Gasteiger partial charge is 0.434 e. The molecule has 1 heterocycles. The van der Waals surface area contributed by atoms with Crippen LogP contribution in [0.2, 0.25) is 0 Å². The topological polar surface area (TPSA) is 24.9 Å². The van der Waals surface area contributed by atoms with Gasteiger partial charge in [0.05, 0.1) is 4.88 Å². The van der Waals surface area contributed by atoms with E-state index in [0.717, 1.165) is 35.3 Å². The van der Waals surface area contributed by atoms with Crippen LogP contribution in [0.15, 0.2) is 24.3 Å². The molecule has 0 spiro atoms. The minimum Gasteiger partial charge on any atom is -0.309 e. The molecule has 1 aliphatic carbocycles. The molecule has 1 aromatic carbocycles. The van der Waals surface area contributed by atoms with Crippen LogP contribution in [0, 0.1) is 6.92 Å². The first-order valence-electron chi connectivity index (χ1n) is 6.81. The number of hydrogen-bond donors (Lipinski definition) is 1. The second-order valence-electron chi connectivity index (χ2n) is 5.31. The maximum Gasteiger partial charge on any atom is 0.434 e. The molecular formula is C15H15F3N2S. The van der Waals surface area contributed by atoms with Crippen LogP contribution < -0.4 is 5.32 Å². The lowest BCUT2D eigenvalue weighted by atomic mass is 10.1. The number of nitrogens with one attached hydrogen (secondary N) is 1. The average Bonchev–Trinajstić information content (AvgIpc) is 3.13. The number of halogens is 3. The van der Waals surface area contributed by atoms with Gasteiger partial charge in [-0.05, 0) is 25.8 Å². The van der Waals surface area contributed by atoms with Gasteiger partial charge in [-0.15, -0.1) is 11.3 Å². The minimum atomic E-state index is -4.40. The molecule has 0 amide bonds. The van der Waals surface area contributed by atoms with Gasteiger partial charge in [-0.25, -0.2) is 4.98 Å². The van der Waals surface area contributed by atoms with Crippen LogP contribution in [0.1, 0.15) is 29.0 Å². The lowest BCUT2D eigenvalue weighted by Crippen LogP contribution is -2.18. The first kappa shape index (κ1) is 14.5. The quantitative estimate of drug-likeness (QED) is 0.905. The first-order chi connectivity index (χ1) is 9.93. The Kier molecular flexibility index (Phi) is 3.75. The number of nitrogens with zero attached hydrogens (tertiary/aromatic N) is 1. The molecule has 1 saturated carbocycles. The molecule has 2 nitrogen and oxygen atoms in total. The Morgan fingerprint density at radius 1 is 1.33 bits per heavy atom. The lowest BCUT2D eigenvalue weighted by molar-refractivity contribution is -0.141. The van der Waals surface area contributed by atoms with Gasteiger partial charge in [0.1, 0.15) is 5.01 Å². The monoisotopic (exact) mass is 312 g/mol. The number of benzene rings is 1. The number of rotatable bonds is 4. The summed E-state index contributed by atoms with van der Waals surface area (Å²) in [5, 5.41) is 3.56. The molecular weight excluding hydrogens is 297 g/mol. The maximum atomic E-state index is 13.1. The van der Waals surface area contributed by atoms with Crippen LogP contribution >= 0.6 is 11.3 Å². The molecule has 0 radical (unpaired) electrons. The van der Waals surface area contributed by atoms with Crippen LogP contribution in [0.3, 0.4) is 0 Å². The Balaban J connectivity index is 1.94. The molecule has 1 fully saturated rings. The van der Waals surface area contributed by atoms with Crippen molar-refractivity contribution in [2.45, 2.75) is 38.5 Å². The maximum absolute atomic E-state index is 13.1. The van der Waals surface area contributed by atoms with E-state index in [0.29, 0.717) is 11.0 Å². The van der Waals surface area contributed by atoms with Crippen LogP contribution in [-0.4, -0.2) is 11.0 Å². The molecule has 0 unspecified atom stereocenters.